The van der Waals surface area contributed by atoms with Crippen LogP contribution in [-0.4, -0.2) is 48.4 Å². The second kappa shape index (κ2) is 6.84. The van der Waals surface area contributed by atoms with Crippen LogP contribution in [0.25, 0.3) is 0 Å². The summed E-state index contributed by atoms with van der Waals surface area (Å²) < 4.78 is 5.24. The molecule has 0 spiro atoms. The molecule has 1 aliphatic carbocycles. The maximum absolute atomic E-state index is 13.2. The Balaban J connectivity index is 1.84. The largest absolute Gasteiger partial charge is 0.497 e. The van der Waals surface area contributed by atoms with E-state index in [1.807, 2.05) is 18.2 Å². The molecule has 132 valence electrons. The van der Waals surface area contributed by atoms with Crippen LogP contribution in [0.5, 0.6) is 5.75 Å². The lowest BCUT2D eigenvalue weighted by atomic mass is 9.83. The number of methoxy groups -OCH3 is 1. The summed E-state index contributed by atoms with van der Waals surface area (Å²) >= 11 is 0. The van der Waals surface area contributed by atoms with Crippen molar-refractivity contribution >= 4 is 23.0 Å². The van der Waals surface area contributed by atoms with Gasteiger partial charge in [-0.15, -0.1) is 0 Å². The van der Waals surface area contributed by atoms with Crippen LogP contribution in [0.1, 0.15) is 33.6 Å². The van der Waals surface area contributed by atoms with E-state index in [2.05, 4.69) is 9.89 Å². The third kappa shape index (κ3) is 2.84. The van der Waals surface area contributed by atoms with Crippen LogP contribution in [-0.2, 0) is 0 Å². The van der Waals surface area contributed by atoms with Gasteiger partial charge in [0.05, 0.1) is 12.8 Å². The molecular formula is C21H20N2O3. The zero-order chi connectivity index (χ0) is 18.1. The van der Waals surface area contributed by atoms with Crippen LogP contribution in [0.3, 0.4) is 0 Å². The van der Waals surface area contributed by atoms with Crippen LogP contribution in [0.4, 0.5) is 5.69 Å². The number of carbonyl (C=O) groups excluding carboxylic acids is 2. The van der Waals surface area contributed by atoms with Crippen LogP contribution >= 0.6 is 0 Å². The maximum Gasteiger partial charge on any atom is 0.210 e. The lowest BCUT2D eigenvalue weighted by Gasteiger charge is -2.31. The minimum absolute atomic E-state index is 0.0382. The number of aliphatic imine (C=N–C) groups is 1. The summed E-state index contributed by atoms with van der Waals surface area (Å²) in [5.74, 6) is 0.461. The summed E-state index contributed by atoms with van der Waals surface area (Å²) in [5.41, 5.74) is 1.86. The Labute approximate surface area is 152 Å². The highest BCUT2D eigenvalue weighted by atomic mass is 16.5. The topological polar surface area (TPSA) is 59.0 Å². The minimum atomic E-state index is -0.605. The van der Waals surface area contributed by atoms with Gasteiger partial charge in [0.25, 0.3) is 0 Å². The van der Waals surface area contributed by atoms with Gasteiger partial charge in [0.2, 0.25) is 5.78 Å². The van der Waals surface area contributed by atoms with Gasteiger partial charge >= 0.3 is 0 Å². The molecule has 2 aromatic carbocycles. The van der Waals surface area contributed by atoms with Gasteiger partial charge in [-0.2, -0.15) is 0 Å². The predicted molar refractivity (Wildman–Crippen MR) is 99.8 cm³/mol. The number of ketones is 2. The monoisotopic (exact) mass is 348 g/mol. The maximum atomic E-state index is 13.2. The number of likely N-dealkylation sites (tertiary alicyclic amines) is 1. The molecule has 0 aromatic heterocycles. The van der Waals surface area contributed by atoms with Crippen molar-refractivity contribution in [1.82, 2.24) is 4.90 Å². The molecule has 5 heteroatoms. The number of fused-ring (bicyclic) bond motifs is 1. The summed E-state index contributed by atoms with van der Waals surface area (Å²) in [5, 5.41) is 0. The van der Waals surface area contributed by atoms with E-state index in [9.17, 15) is 9.59 Å². The number of hydrogen-bond acceptors (Lipinski definition) is 5. The zero-order valence-electron chi connectivity index (χ0n) is 14.6. The highest BCUT2D eigenvalue weighted by molar-refractivity contribution is 6.55. The van der Waals surface area contributed by atoms with E-state index in [1.165, 1.54) is 0 Å². The van der Waals surface area contributed by atoms with E-state index in [-0.39, 0.29) is 11.6 Å². The number of hydrogen-bond donors (Lipinski definition) is 0. The molecule has 1 atom stereocenters. The molecule has 1 unspecified atom stereocenters. The van der Waals surface area contributed by atoms with Gasteiger partial charge in [-0.05, 0) is 38.1 Å². The van der Waals surface area contributed by atoms with Crippen molar-refractivity contribution in [3.63, 3.8) is 0 Å². The number of rotatable bonds is 3. The van der Waals surface area contributed by atoms with Crippen molar-refractivity contribution in [2.45, 2.75) is 18.9 Å². The van der Waals surface area contributed by atoms with Crippen molar-refractivity contribution in [2.75, 3.05) is 20.2 Å². The molecule has 0 N–H and O–H groups in total. The third-order valence-electron chi connectivity index (χ3n) is 4.99. The molecule has 5 nitrogen and oxygen atoms in total. The second-order valence-corrected chi connectivity index (χ2v) is 6.58. The van der Waals surface area contributed by atoms with Crippen LogP contribution in [0, 0.1) is 0 Å². The third-order valence-corrected chi connectivity index (χ3v) is 4.99. The zero-order valence-corrected chi connectivity index (χ0v) is 14.6. The van der Waals surface area contributed by atoms with E-state index in [4.69, 9.17) is 4.74 Å². The quantitative estimate of drug-likeness (QED) is 0.854. The molecule has 4 rings (SSSR count). The molecular weight excluding hydrogens is 328 g/mol. The van der Waals surface area contributed by atoms with Gasteiger partial charge in [0.1, 0.15) is 17.5 Å². The van der Waals surface area contributed by atoms with Crippen molar-refractivity contribution < 1.29 is 14.3 Å². The van der Waals surface area contributed by atoms with Crippen molar-refractivity contribution in [2.24, 2.45) is 4.99 Å². The van der Waals surface area contributed by atoms with Crippen LogP contribution < -0.4 is 4.74 Å². The Morgan fingerprint density at radius 3 is 2.46 bits per heavy atom. The molecule has 26 heavy (non-hydrogen) atoms. The summed E-state index contributed by atoms with van der Waals surface area (Å²) in [6.07, 6.45) is 2.07. The molecule has 0 radical (unpaired) electrons. The van der Waals surface area contributed by atoms with Gasteiger partial charge < -0.3 is 4.74 Å². The highest BCUT2D eigenvalue weighted by Crippen LogP contribution is 2.28. The van der Waals surface area contributed by atoms with E-state index < -0.39 is 6.04 Å². The number of nitrogens with zero attached hydrogens (tertiary/aromatic N) is 2. The second-order valence-electron chi connectivity index (χ2n) is 6.58. The van der Waals surface area contributed by atoms with Crippen molar-refractivity contribution in [3.8, 4) is 5.75 Å². The van der Waals surface area contributed by atoms with E-state index in [1.54, 1.807) is 37.4 Å². The Kier molecular flexibility index (Phi) is 4.39. The van der Waals surface area contributed by atoms with Gasteiger partial charge in [0, 0.05) is 17.2 Å². The van der Waals surface area contributed by atoms with Crippen molar-refractivity contribution in [1.29, 1.82) is 0 Å². The lowest BCUT2D eigenvalue weighted by Crippen LogP contribution is -2.51. The fraction of sp³-hybridized carbons (Fsp3) is 0.286. The van der Waals surface area contributed by atoms with Crippen LogP contribution in [0.2, 0.25) is 0 Å². The van der Waals surface area contributed by atoms with E-state index in [0.29, 0.717) is 28.3 Å². The molecule has 1 fully saturated rings. The minimum Gasteiger partial charge on any atom is -0.497 e. The average molecular weight is 348 g/mol. The molecule has 2 aromatic rings. The summed E-state index contributed by atoms with van der Waals surface area (Å²) in [6, 6.07) is 13.7. The Morgan fingerprint density at radius 2 is 1.73 bits per heavy atom. The van der Waals surface area contributed by atoms with E-state index in [0.717, 1.165) is 25.9 Å². The molecule has 2 aliphatic rings. The normalized spacial score (nSPS) is 21.9. The molecule has 0 saturated carbocycles. The Morgan fingerprint density at radius 1 is 1.00 bits per heavy atom. The lowest BCUT2D eigenvalue weighted by molar-refractivity contribution is 0.0873. The fourth-order valence-corrected chi connectivity index (χ4v) is 3.70. The molecule has 1 aliphatic heterocycles. The summed E-state index contributed by atoms with van der Waals surface area (Å²) in [4.78, 5) is 33.0. The molecule has 0 bridgehead atoms. The van der Waals surface area contributed by atoms with Gasteiger partial charge in [-0.1, -0.05) is 30.3 Å². The standard InChI is InChI=1S/C21H20N2O3/c1-26-15-8-6-7-14(13-15)22-18-19(23-11-4-5-12-23)21(25)17-10-3-2-9-16(17)20(18)24/h2-3,6-10,13,19H,4-5,11-12H2,1H3. The van der Waals surface area contributed by atoms with Gasteiger partial charge in [-0.25, -0.2) is 4.99 Å². The van der Waals surface area contributed by atoms with Gasteiger partial charge in [0.15, 0.2) is 5.78 Å². The number of ether oxygens (including phenoxy) is 1. The number of Topliss-reactive ketones (excluding diaryl/α,β-unsaturated/α-hetero) is 2. The highest BCUT2D eigenvalue weighted by Gasteiger charge is 2.42. The molecule has 0 amide bonds. The average Bonchev–Trinajstić information content (AvgIpc) is 3.20. The fourth-order valence-electron chi connectivity index (χ4n) is 3.70. The smallest absolute Gasteiger partial charge is 0.210 e. The Bertz CT molecular complexity index is 898. The number of carbonyl (C=O) groups is 2. The van der Waals surface area contributed by atoms with E-state index >= 15 is 0 Å². The Hall–Kier alpha value is -2.79. The van der Waals surface area contributed by atoms with Gasteiger partial charge in [-0.3, -0.25) is 14.5 Å². The number of benzene rings is 2. The first-order valence-electron chi connectivity index (χ1n) is 8.83. The van der Waals surface area contributed by atoms with Crippen LogP contribution in [0.15, 0.2) is 53.5 Å². The summed E-state index contributed by atoms with van der Waals surface area (Å²) in [7, 11) is 1.59. The first-order chi connectivity index (χ1) is 12.7. The molecule has 1 saturated heterocycles. The first-order valence-corrected chi connectivity index (χ1v) is 8.83. The summed E-state index contributed by atoms with van der Waals surface area (Å²) in [6.45, 7) is 1.62. The molecule has 1 heterocycles. The van der Waals surface area contributed by atoms with Crippen molar-refractivity contribution in [3.05, 3.63) is 59.7 Å². The first kappa shape index (κ1) is 16.7. The predicted octanol–water partition coefficient (Wildman–Crippen LogP) is 3.31. The SMILES string of the molecule is COc1cccc(N=C2C(=O)c3ccccc3C(=O)C2N2CCCC2)c1.